The summed E-state index contributed by atoms with van der Waals surface area (Å²) in [5.74, 6) is -6.67. The molecule has 1 aromatic rings. The van der Waals surface area contributed by atoms with E-state index in [0.29, 0.717) is 6.42 Å². The van der Waals surface area contributed by atoms with Crippen LogP contribution < -0.4 is 0 Å². The van der Waals surface area contributed by atoms with Gasteiger partial charge in [-0.1, -0.05) is 99.6 Å². The standard InChI is InChI=1S/C38H59N3O9/c1-14-25(10)32-35(44)41(13)29(22(4)5)38(47)49-31(24(8)9)34(43)40(12)28(21(2)3)37(46)48-30(23(6)7)33(42)39(11)27(36(45)50-32)20-26-18-16-15-17-19-26/h15-19,21-25,27-32H,14,20H2,1-13H3/t25-,27-,28-,29-,30+,31+,32+/m0/s1. The summed E-state index contributed by atoms with van der Waals surface area (Å²) in [6, 6.07) is 5.60. The molecule has 1 saturated heterocycles. The van der Waals surface area contributed by atoms with E-state index in [1.807, 2.05) is 37.3 Å². The largest absolute Gasteiger partial charge is 0.450 e. The van der Waals surface area contributed by atoms with Crippen molar-refractivity contribution in [2.24, 2.45) is 29.6 Å². The van der Waals surface area contributed by atoms with Gasteiger partial charge in [0.15, 0.2) is 18.3 Å². The molecule has 0 spiro atoms. The second-order valence-corrected chi connectivity index (χ2v) is 14.9. The van der Waals surface area contributed by atoms with Crippen molar-refractivity contribution in [2.45, 2.75) is 119 Å². The summed E-state index contributed by atoms with van der Waals surface area (Å²) in [4.78, 5) is 88.0. The maximum Gasteiger partial charge on any atom is 0.329 e. The second kappa shape index (κ2) is 18.3. The predicted molar refractivity (Wildman–Crippen MR) is 188 cm³/mol. The number of carbonyl (C=O) groups excluding carboxylic acids is 6. The van der Waals surface area contributed by atoms with Gasteiger partial charge in [-0.15, -0.1) is 0 Å². The molecule has 12 nitrogen and oxygen atoms in total. The van der Waals surface area contributed by atoms with Crippen LogP contribution >= 0.6 is 0 Å². The molecule has 0 bridgehead atoms. The van der Waals surface area contributed by atoms with E-state index in [4.69, 9.17) is 14.2 Å². The van der Waals surface area contributed by atoms with Crippen LogP contribution in [0.4, 0.5) is 0 Å². The highest BCUT2D eigenvalue weighted by molar-refractivity contribution is 5.94. The van der Waals surface area contributed by atoms with Crippen molar-refractivity contribution in [2.75, 3.05) is 21.1 Å². The third-order valence-corrected chi connectivity index (χ3v) is 9.47. The Labute approximate surface area is 298 Å². The molecule has 3 amide bonds. The first-order valence-electron chi connectivity index (χ1n) is 17.7. The van der Waals surface area contributed by atoms with Gasteiger partial charge >= 0.3 is 17.9 Å². The second-order valence-electron chi connectivity index (χ2n) is 14.9. The third kappa shape index (κ3) is 10.1. The SMILES string of the molecule is CC[C@H](C)[C@H]1OC(=O)[C@H](Cc2ccccc2)N(C)C(=O)[C@@H](C(C)C)OC(=O)[C@H](C(C)C)N(C)C(=O)[C@@H](C(C)C)OC(=O)[C@H](C(C)C)N(C)C1=O. The Morgan fingerprint density at radius 3 is 1.30 bits per heavy atom. The Bertz CT molecular complexity index is 1350. The van der Waals surface area contributed by atoms with E-state index in [9.17, 15) is 28.8 Å². The third-order valence-electron chi connectivity index (χ3n) is 9.47. The van der Waals surface area contributed by atoms with Crippen LogP contribution in [0.1, 0.15) is 81.2 Å². The molecule has 1 fully saturated rings. The number of amides is 3. The molecular weight excluding hydrogens is 642 g/mol. The fraction of sp³-hybridized carbons (Fsp3) is 0.684. The number of nitrogens with zero attached hydrogens (tertiary/aromatic N) is 3. The number of hydrogen-bond acceptors (Lipinski definition) is 9. The Morgan fingerprint density at radius 2 is 0.920 bits per heavy atom. The number of carbonyl (C=O) groups is 6. The Kier molecular flexibility index (Phi) is 15.5. The summed E-state index contributed by atoms with van der Waals surface area (Å²) in [5.41, 5.74) is 0.736. The maximum atomic E-state index is 14.2. The number of cyclic esters (lactones) is 3. The summed E-state index contributed by atoms with van der Waals surface area (Å²) in [5, 5.41) is 0. The summed E-state index contributed by atoms with van der Waals surface area (Å²) in [6.07, 6.45) is -3.38. The summed E-state index contributed by atoms with van der Waals surface area (Å²) in [7, 11) is 4.33. The molecule has 0 unspecified atom stereocenters. The van der Waals surface area contributed by atoms with Gasteiger partial charge in [0.25, 0.3) is 17.7 Å². The van der Waals surface area contributed by atoms with E-state index in [1.54, 1.807) is 62.3 Å². The molecule has 0 N–H and O–H groups in total. The van der Waals surface area contributed by atoms with Crippen LogP contribution in [-0.4, -0.2) is 108 Å². The molecule has 50 heavy (non-hydrogen) atoms. The molecule has 1 heterocycles. The first-order chi connectivity index (χ1) is 23.3. The van der Waals surface area contributed by atoms with Crippen molar-refractivity contribution in [3.05, 3.63) is 35.9 Å². The monoisotopic (exact) mass is 701 g/mol. The van der Waals surface area contributed by atoms with Crippen LogP contribution in [0.25, 0.3) is 0 Å². The minimum absolute atomic E-state index is 0.0569. The van der Waals surface area contributed by atoms with Crippen molar-refractivity contribution in [3.8, 4) is 0 Å². The summed E-state index contributed by atoms with van der Waals surface area (Å²) < 4.78 is 17.8. The fourth-order valence-electron chi connectivity index (χ4n) is 6.16. The Hall–Kier alpha value is -3.96. The van der Waals surface area contributed by atoms with Crippen molar-refractivity contribution >= 4 is 35.6 Å². The highest BCUT2D eigenvalue weighted by atomic mass is 16.6. The molecule has 7 atom stereocenters. The van der Waals surface area contributed by atoms with E-state index >= 15 is 0 Å². The zero-order valence-electron chi connectivity index (χ0n) is 32.2. The van der Waals surface area contributed by atoms with Gasteiger partial charge in [0.2, 0.25) is 0 Å². The van der Waals surface area contributed by atoms with E-state index in [0.717, 1.165) is 5.56 Å². The van der Waals surface area contributed by atoms with E-state index in [1.165, 1.54) is 35.8 Å². The average Bonchev–Trinajstić information content (AvgIpc) is 3.05. The predicted octanol–water partition coefficient (Wildman–Crippen LogP) is 4.13. The Balaban J connectivity index is 2.83. The van der Waals surface area contributed by atoms with Crippen molar-refractivity contribution < 1.29 is 43.0 Å². The lowest BCUT2D eigenvalue weighted by Gasteiger charge is -2.38. The van der Waals surface area contributed by atoms with Gasteiger partial charge in [0.1, 0.15) is 18.1 Å². The molecule has 1 aromatic carbocycles. The van der Waals surface area contributed by atoms with Crippen LogP contribution in [0, 0.1) is 29.6 Å². The van der Waals surface area contributed by atoms with Crippen molar-refractivity contribution in [1.82, 2.24) is 14.7 Å². The van der Waals surface area contributed by atoms with Crippen molar-refractivity contribution in [1.29, 1.82) is 0 Å². The highest BCUT2D eigenvalue weighted by Gasteiger charge is 2.45. The first kappa shape index (κ1) is 42.2. The molecule has 12 heteroatoms. The van der Waals surface area contributed by atoms with Crippen LogP contribution in [0.5, 0.6) is 0 Å². The normalized spacial score (nSPS) is 26.3. The first-order valence-corrected chi connectivity index (χ1v) is 17.7. The van der Waals surface area contributed by atoms with Crippen molar-refractivity contribution in [3.63, 3.8) is 0 Å². The zero-order valence-corrected chi connectivity index (χ0v) is 32.2. The zero-order chi connectivity index (χ0) is 38.2. The lowest BCUT2D eigenvalue weighted by Crippen LogP contribution is -2.57. The van der Waals surface area contributed by atoms with Gasteiger partial charge < -0.3 is 28.9 Å². The Morgan fingerprint density at radius 1 is 0.540 bits per heavy atom. The van der Waals surface area contributed by atoms with Gasteiger partial charge in [0.05, 0.1) is 0 Å². The maximum absolute atomic E-state index is 14.2. The molecule has 0 aromatic heterocycles. The highest BCUT2D eigenvalue weighted by Crippen LogP contribution is 2.25. The minimum Gasteiger partial charge on any atom is -0.450 e. The quantitative estimate of drug-likeness (QED) is 0.289. The average molecular weight is 702 g/mol. The smallest absolute Gasteiger partial charge is 0.329 e. The van der Waals surface area contributed by atoms with Gasteiger partial charge in [-0.3, -0.25) is 14.4 Å². The molecule has 0 aliphatic carbocycles. The number of benzene rings is 1. The minimum atomic E-state index is -1.31. The molecule has 0 radical (unpaired) electrons. The number of likely N-dealkylation sites (N-methyl/N-ethyl adjacent to an activating group) is 3. The van der Waals surface area contributed by atoms with Crippen LogP contribution in [0.2, 0.25) is 0 Å². The molecule has 2 rings (SSSR count). The molecule has 1 aliphatic rings. The lowest BCUT2D eigenvalue weighted by atomic mass is 9.96. The van der Waals surface area contributed by atoms with Gasteiger partial charge in [-0.05, 0) is 35.7 Å². The summed E-state index contributed by atoms with van der Waals surface area (Å²) in [6.45, 7) is 17.4. The van der Waals surface area contributed by atoms with E-state index in [-0.39, 0.29) is 6.42 Å². The molecular formula is C38H59N3O9. The lowest BCUT2D eigenvalue weighted by molar-refractivity contribution is -0.181. The number of ether oxygens (including phenoxy) is 3. The van der Waals surface area contributed by atoms with Gasteiger partial charge in [-0.25, -0.2) is 14.4 Å². The van der Waals surface area contributed by atoms with E-state index in [2.05, 4.69) is 0 Å². The number of hydrogen-bond donors (Lipinski definition) is 0. The van der Waals surface area contributed by atoms with Gasteiger partial charge in [0, 0.05) is 33.5 Å². The fourth-order valence-corrected chi connectivity index (χ4v) is 6.16. The summed E-state index contributed by atoms with van der Waals surface area (Å²) >= 11 is 0. The van der Waals surface area contributed by atoms with E-state index < -0.39 is 102 Å². The number of esters is 3. The number of rotatable bonds is 8. The molecule has 1 aliphatic heterocycles. The van der Waals surface area contributed by atoms with Crippen LogP contribution in [0.3, 0.4) is 0 Å². The topological polar surface area (TPSA) is 140 Å². The van der Waals surface area contributed by atoms with Crippen LogP contribution in [-0.2, 0) is 49.4 Å². The molecule has 0 saturated carbocycles. The molecule has 280 valence electrons. The van der Waals surface area contributed by atoms with Gasteiger partial charge in [-0.2, -0.15) is 0 Å². The van der Waals surface area contributed by atoms with Crippen LogP contribution in [0.15, 0.2) is 30.3 Å².